The van der Waals surface area contributed by atoms with Crippen LogP contribution in [0.2, 0.25) is 0 Å². The molecular weight excluding hydrogens is 1070 g/mol. The topological polar surface area (TPSA) is 390 Å². The van der Waals surface area contributed by atoms with Crippen LogP contribution in [0.5, 0.6) is 5.75 Å². The molecule has 25 nitrogen and oxygen atoms in total. The van der Waals surface area contributed by atoms with Gasteiger partial charge in [-0.2, -0.15) is 40.4 Å². The van der Waals surface area contributed by atoms with E-state index in [1.807, 2.05) is 0 Å². The van der Waals surface area contributed by atoms with E-state index in [1.165, 1.54) is 54.7 Å². The van der Waals surface area contributed by atoms with Gasteiger partial charge in [-0.05, 0) is 78.7 Å². The van der Waals surface area contributed by atoms with E-state index in [0.717, 1.165) is 6.92 Å². The number of thioether (sulfide) groups is 2. The summed E-state index contributed by atoms with van der Waals surface area (Å²) in [5.41, 5.74) is 7.88. The maximum absolute atomic E-state index is 14.4. The van der Waals surface area contributed by atoms with Crippen molar-refractivity contribution in [1.82, 2.24) is 42.2 Å². The van der Waals surface area contributed by atoms with Gasteiger partial charge in [0.25, 0.3) is 0 Å². The number of fused-ring (bicyclic) bond motifs is 1. The minimum atomic E-state index is -5.22. The quantitative estimate of drug-likeness (QED) is 0.0286. The van der Waals surface area contributed by atoms with Crippen molar-refractivity contribution in [2.75, 3.05) is 30.6 Å². The number of aromatic amines is 1. The second-order valence-electron chi connectivity index (χ2n) is 17.1. The largest absolute Gasteiger partial charge is 0.446 e. The number of carbonyl (C=O) groups is 8. The number of nitrogens with one attached hydrogen (secondary N) is 8. The Labute approximate surface area is 447 Å². The lowest BCUT2D eigenvalue weighted by molar-refractivity contribution is -0.135. The zero-order valence-corrected chi connectivity index (χ0v) is 44.9. The van der Waals surface area contributed by atoms with Crippen molar-refractivity contribution in [3.8, 4) is 5.75 Å². The van der Waals surface area contributed by atoms with E-state index in [2.05, 4.69) is 50.6 Å². The molecule has 0 aliphatic heterocycles. The first-order valence-electron chi connectivity index (χ1n) is 23.2. The number of H-pyrrole nitrogens is 1. The summed E-state index contributed by atoms with van der Waals surface area (Å²) in [6, 6.07) is 12.1. The van der Waals surface area contributed by atoms with Crippen molar-refractivity contribution in [1.29, 1.82) is 0 Å². The van der Waals surface area contributed by atoms with Crippen LogP contribution in [-0.2, 0) is 82.6 Å². The third-order valence-electron chi connectivity index (χ3n) is 11.2. The fourth-order valence-electron chi connectivity index (χ4n) is 7.54. The highest BCUT2D eigenvalue weighted by Gasteiger charge is 2.36. The molecule has 0 aliphatic rings. The van der Waals surface area contributed by atoms with Crippen LogP contribution < -0.4 is 47.1 Å². The molecule has 0 saturated carbocycles. The van der Waals surface area contributed by atoms with E-state index in [1.54, 1.807) is 73.3 Å². The summed E-state index contributed by atoms with van der Waals surface area (Å²) in [6.45, 7) is 1.51. The van der Waals surface area contributed by atoms with Gasteiger partial charge in [0.2, 0.25) is 47.3 Å². The minimum Gasteiger partial charge on any atom is -0.368 e. The van der Waals surface area contributed by atoms with Crippen LogP contribution in [0.3, 0.4) is 0 Å². The van der Waals surface area contributed by atoms with Gasteiger partial charge in [0.15, 0.2) is 0 Å². The average Bonchev–Trinajstić information content (AvgIpc) is 3.76. The van der Waals surface area contributed by atoms with Crippen molar-refractivity contribution in [3.05, 3.63) is 102 Å². The van der Waals surface area contributed by atoms with E-state index in [0.29, 0.717) is 33.3 Å². The number of benzene rings is 3. The number of hydrogen-bond acceptors (Lipinski definition) is 16. The maximum atomic E-state index is 14.4. The van der Waals surface area contributed by atoms with Gasteiger partial charge < -0.3 is 52.1 Å². The van der Waals surface area contributed by atoms with E-state index >= 15 is 0 Å². The highest BCUT2D eigenvalue weighted by Crippen LogP contribution is 2.20. The summed E-state index contributed by atoms with van der Waals surface area (Å²) < 4.78 is 73.4. The summed E-state index contributed by atoms with van der Waals surface area (Å²) in [4.78, 5) is 111. The standard InChI is InChI=1S/C47H61N9O16S4/c1-27(71-75(65,66)67)41(47(64)55-37(42(48)59)22-29-10-6-5-7-11-29)56-44(61)36(19-21-74-4)54-46(63)39(24-31-25-49-34-13-9-8-12-33(31)34)52-40(58)26-50-43(60)35(18-20-73-3)53-45(62)38(51-28(2)57)23-30-14-16-32(17-15-30)72-76(68,69)70/h5-17,25,27,35-39,41,49H,18-24,26H2,1-4H3,(H2,48,59)(H,50,60)(H,51,57)(H,52,58)(H,53,62)(H,54,63)(H,55,64)(H,56,61)(H,65,66,67)(H,68,69,70)/t27-,35+,36+,37+,38+,39+,41+/m1/s1. The normalized spacial score (nSPS) is 14.3. The van der Waals surface area contributed by atoms with E-state index in [-0.39, 0.29) is 43.6 Å². The Morgan fingerprint density at radius 1 is 0.618 bits per heavy atom. The maximum Gasteiger partial charge on any atom is 0.446 e. The Hall–Kier alpha value is -6.76. The first-order valence-corrected chi connectivity index (χ1v) is 28.7. The second-order valence-corrected chi connectivity index (χ2v) is 21.1. The molecule has 0 fully saturated rings. The summed E-state index contributed by atoms with van der Waals surface area (Å²) in [7, 11) is -10.0. The highest BCUT2D eigenvalue weighted by molar-refractivity contribution is 7.98. The van der Waals surface area contributed by atoms with Crippen LogP contribution in [0.4, 0.5) is 0 Å². The predicted octanol–water partition coefficient (Wildman–Crippen LogP) is -0.378. The van der Waals surface area contributed by atoms with Gasteiger partial charge in [-0.15, -0.1) is 0 Å². The summed E-state index contributed by atoms with van der Waals surface area (Å²) in [5, 5.41) is 18.3. The van der Waals surface area contributed by atoms with Crippen molar-refractivity contribution in [3.63, 3.8) is 0 Å². The number of primary amides is 1. The van der Waals surface area contributed by atoms with Gasteiger partial charge in [-0.1, -0.05) is 60.7 Å². The molecule has 4 rings (SSSR count). The molecule has 414 valence electrons. The lowest BCUT2D eigenvalue weighted by Gasteiger charge is -2.28. The van der Waals surface area contributed by atoms with E-state index in [9.17, 15) is 59.7 Å². The highest BCUT2D eigenvalue weighted by atomic mass is 32.3. The minimum absolute atomic E-state index is 0.0720. The zero-order chi connectivity index (χ0) is 56.2. The van der Waals surface area contributed by atoms with Gasteiger partial charge in [-0.25, -0.2) is 4.18 Å². The fraction of sp³-hybridized carbons (Fsp3) is 0.404. The fourth-order valence-corrected chi connectivity index (χ4v) is 9.34. The molecule has 0 saturated heterocycles. The molecule has 76 heavy (non-hydrogen) atoms. The predicted molar refractivity (Wildman–Crippen MR) is 282 cm³/mol. The number of amides is 8. The molecule has 0 aliphatic carbocycles. The number of aromatic nitrogens is 1. The van der Waals surface area contributed by atoms with Crippen molar-refractivity contribution >= 4 is 102 Å². The Bertz CT molecular complexity index is 2890. The first kappa shape index (κ1) is 61.8. The molecule has 3 aromatic carbocycles. The van der Waals surface area contributed by atoms with Gasteiger partial charge >= 0.3 is 20.8 Å². The van der Waals surface area contributed by atoms with Crippen LogP contribution in [0.15, 0.2) is 85.1 Å². The third-order valence-corrected chi connectivity index (χ3v) is 13.4. The van der Waals surface area contributed by atoms with Crippen LogP contribution in [0.1, 0.15) is 43.4 Å². The van der Waals surface area contributed by atoms with Gasteiger partial charge in [0.1, 0.15) is 48.1 Å². The molecular formula is C47H61N9O16S4. The lowest BCUT2D eigenvalue weighted by atomic mass is 10.0. The monoisotopic (exact) mass is 1140 g/mol. The number of carbonyl (C=O) groups excluding carboxylic acids is 8. The first-order chi connectivity index (χ1) is 35.9. The van der Waals surface area contributed by atoms with E-state index < -0.39 is 117 Å². The summed E-state index contributed by atoms with van der Waals surface area (Å²) >= 11 is 2.64. The SMILES string of the molecule is CSCC[C@H](NC(=O)[C@H](Cc1ccc(OS(=O)(=O)O)cc1)NC(C)=O)C(=O)NCC(=O)N[C@@H](Cc1c[nH]c2ccccc12)C(=O)N[C@@H](CCSC)C(=O)N[C@H](C(=O)N[C@@H](Cc1ccccc1)C(N)=O)[C@@H](C)OS(=O)(=O)O. The molecule has 1 heterocycles. The molecule has 12 N–H and O–H groups in total. The Kier molecular flexibility index (Phi) is 24.0. The zero-order valence-electron chi connectivity index (χ0n) is 41.6. The second kappa shape index (κ2) is 29.5. The van der Waals surface area contributed by atoms with Crippen molar-refractivity contribution in [2.45, 2.75) is 88.3 Å². The number of rotatable bonds is 31. The van der Waals surface area contributed by atoms with Crippen LogP contribution in [-0.4, -0.2) is 151 Å². The number of nitrogens with two attached hydrogens (primary N) is 1. The van der Waals surface area contributed by atoms with Gasteiger partial charge in [0.05, 0.1) is 6.54 Å². The van der Waals surface area contributed by atoms with E-state index in [4.69, 9.17) is 10.3 Å². The lowest BCUT2D eigenvalue weighted by Crippen LogP contribution is -2.61. The molecule has 0 unspecified atom stereocenters. The Balaban J connectivity index is 1.55. The van der Waals surface area contributed by atoms with Crippen molar-refractivity contribution in [2.24, 2.45) is 5.73 Å². The summed E-state index contributed by atoms with van der Waals surface area (Å²) in [5.74, 6) is -6.68. The van der Waals surface area contributed by atoms with Crippen molar-refractivity contribution < 1.29 is 72.7 Å². The van der Waals surface area contributed by atoms with Crippen LogP contribution in [0.25, 0.3) is 10.9 Å². The molecule has 0 spiro atoms. The molecule has 1 aromatic heterocycles. The Morgan fingerprint density at radius 3 is 1.71 bits per heavy atom. The van der Waals surface area contributed by atoms with Gasteiger partial charge in [0, 0.05) is 43.3 Å². The molecule has 8 amide bonds. The van der Waals surface area contributed by atoms with Crippen LogP contribution >= 0.6 is 23.5 Å². The molecule has 0 bridgehead atoms. The number of para-hydroxylation sites is 1. The Morgan fingerprint density at radius 2 is 1.14 bits per heavy atom. The summed E-state index contributed by atoms with van der Waals surface area (Å²) in [6.07, 6.45) is 2.92. The average molecular weight is 1140 g/mol. The third kappa shape index (κ3) is 21.1. The smallest absolute Gasteiger partial charge is 0.368 e. The molecule has 4 aromatic rings. The van der Waals surface area contributed by atoms with Gasteiger partial charge in [-0.3, -0.25) is 47.5 Å². The molecule has 7 atom stereocenters. The molecule has 29 heteroatoms. The number of hydrogen-bond donors (Lipinski definition) is 11. The molecule has 0 radical (unpaired) electrons. The van der Waals surface area contributed by atoms with Crippen LogP contribution in [0, 0.1) is 0 Å².